The lowest BCUT2D eigenvalue weighted by Gasteiger charge is -2.48. The molecular weight excluding hydrogens is 374 g/mol. The van der Waals surface area contributed by atoms with Gasteiger partial charge in [0.05, 0.1) is 6.04 Å². The van der Waals surface area contributed by atoms with E-state index in [1.54, 1.807) is 4.90 Å². The first kappa shape index (κ1) is 18.9. The van der Waals surface area contributed by atoms with E-state index in [-0.39, 0.29) is 30.4 Å². The molecule has 3 atom stereocenters. The predicted molar refractivity (Wildman–Crippen MR) is 117 cm³/mol. The zero-order chi connectivity index (χ0) is 21.0. The molecule has 0 unspecified atom stereocenters. The van der Waals surface area contributed by atoms with Crippen LogP contribution in [-0.4, -0.2) is 45.2 Å². The topological polar surface area (TPSA) is 56.4 Å². The van der Waals surface area contributed by atoms with E-state index in [0.717, 1.165) is 39.7 Å². The van der Waals surface area contributed by atoms with Crippen molar-refractivity contribution in [2.75, 3.05) is 6.54 Å². The SMILES string of the molecule is CC[C@H](C)N1CC(=O)N2[C@H](c3ccccc3C)c3[nH]c4ccccc4c3C[C@H]2C1=O. The Morgan fingerprint density at radius 2 is 1.83 bits per heavy atom. The molecule has 0 bridgehead atoms. The number of aryl methyl sites for hydroxylation is 1. The third kappa shape index (κ3) is 2.68. The molecule has 5 nitrogen and oxygen atoms in total. The highest BCUT2D eigenvalue weighted by Crippen LogP contribution is 2.43. The van der Waals surface area contributed by atoms with Crippen LogP contribution in [0.15, 0.2) is 48.5 Å². The highest BCUT2D eigenvalue weighted by atomic mass is 16.2. The third-order valence-electron chi connectivity index (χ3n) is 6.90. The Bertz CT molecular complexity index is 1150. The molecule has 2 aliphatic heterocycles. The van der Waals surface area contributed by atoms with Crippen LogP contribution in [0.4, 0.5) is 0 Å². The lowest BCUT2D eigenvalue weighted by molar-refractivity contribution is -0.160. The largest absolute Gasteiger partial charge is 0.356 e. The van der Waals surface area contributed by atoms with Crippen LogP contribution in [0.25, 0.3) is 10.9 Å². The van der Waals surface area contributed by atoms with Gasteiger partial charge in [-0.1, -0.05) is 49.4 Å². The predicted octanol–water partition coefficient (Wildman–Crippen LogP) is 3.96. The average molecular weight is 402 g/mol. The number of hydrogen-bond acceptors (Lipinski definition) is 2. The molecule has 2 amide bonds. The molecule has 3 aromatic rings. The van der Waals surface area contributed by atoms with Crippen molar-refractivity contribution in [3.8, 4) is 0 Å². The first-order valence-corrected chi connectivity index (χ1v) is 10.8. The summed E-state index contributed by atoms with van der Waals surface area (Å²) < 4.78 is 0. The summed E-state index contributed by atoms with van der Waals surface area (Å²) in [5.74, 6) is 0.0934. The molecule has 30 heavy (non-hydrogen) atoms. The number of fused-ring (bicyclic) bond motifs is 4. The van der Waals surface area contributed by atoms with Crippen molar-refractivity contribution in [2.45, 2.75) is 51.7 Å². The first-order chi connectivity index (χ1) is 14.5. The summed E-state index contributed by atoms with van der Waals surface area (Å²) in [5.41, 5.74) is 5.46. The van der Waals surface area contributed by atoms with Crippen LogP contribution in [0.3, 0.4) is 0 Å². The second-order valence-electron chi connectivity index (χ2n) is 8.57. The fourth-order valence-corrected chi connectivity index (χ4v) is 5.10. The molecule has 5 rings (SSSR count). The molecule has 0 saturated carbocycles. The van der Waals surface area contributed by atoms with Gasteiger partial charge in [0.2, 0.25) is 11.8 Å². The van der Waals surface area contributed by atoms with Gasteiger partial charge < -0.3 is 14.8 Å². The summed E-state index contributed by atoms with van der Waals surface area (Å²) >= 11 is 0. The van der Waals surface area contributed by atoms with E-state index < -0.39 is 6.04 Å². The molecule has 2 aromatic carbocycles. The van der Waals surface area contributed by atoms with Gasteiger partial charge in [-0.15, -0.1) is 0 Å². The van der Waals surface area contributed by atoms with E-state index >= 15 is 0 Å². The molecule has 0 aliphatic carbocycles. The van der Waals surface area contributed by atoms with Gasteiger partial charge >= 0.3 is 0 Å². The van der Waals surface area contributed by atoms with Crippen molar-refractivity contribution < 1.29 is 9.59 Å². The number of H-pyrrole nitrogens is 1. The Labute approximate surface area is 176 Å². The van der Waals surface area contributed by atoms with E-state index in [9.17, 15) is 9.59 Å². The van der Waals surface area contributed by atoms with Crippen LogP contribution in [0, 0.1) is 6.92 Å². The molecular formula is C25H27N3O2. The number of aromatic amines is 1. The number of nitrogens with zero attached hydrogens (tertiary/aromatic N) is 2. The van der Waals surface area contributed by atoms with Crippen LogP contribution >= 0.6 is 0 Å². The van der Waals surface area contributed by atoms with Gasteiger partial charge in [0.25, 0.3) is 0 Å². The fraction of sp³-hybridized carbons (Fsp3) is 0.360. The van der Waals surface area contributed by atoms with Crippen molar-refractivity contribution in [3.05, 3.63) is 70.9 Å². The van der Waals surface area contributed by atoms with Crippen LogP contribution < -0.4 is 0 Å². The van der Waals surface area contributed by atoms with Crippen molar-refractivity contribution >= 4 is 22.7 Å². The van der Waals surface area contributed by atoms with Gasteiger partial charge in [-0.05, 0) is 43.0 Å². The number of nitrogens with one attached hydrogen (secondary N) is 1. The standard InChI is InChI=1S/C25H27N3O2/c1-4-16(3)27-14-22(29)28-21(25(27)30)13-19-18-11-7-8-12-20(18)26-23(19)24(28)17-10-6-5-9-15(17)2/h5-12,16,21,24,26H,4,13-14H2,1-3H3/t16-,21-,24+/m0/s1. The van der Waals surface area contributed by atoms with Crippen molar-refractivity contribution in [3.63, 3.8) is 0 Å². The quantitative estimate of drug-likeness (QED) is 0.722. The number of aromatic nitrogens is 1. The summed E-state index contributed by atoms with van der Waals surface area (Å²) in [6.07, 6.45) is 1.39. The number of hydrogen-bond donors (Lipinski definition) is 1. The van der Waals surface area contributed by atoms with Gasteiger partial charge in [0, 0.05) is 29.1 Å². The molecule has 0 spiro atoms. The fourth-order valence-electron chi connectivity index (χ4n) is 5.10. The van der Waals surface area contributed by atoms with Crippen LogP contribution in [-0.2, 0) is 16.0 Å². The number of rotatable bonds is 3. The zero-order valence-electron chi connectivity index (χ0n) is 17.7. The van der Waals surface area contributed by atoms with Crippen LogP contribution in [0.5, 0.6) is 0 Å². The summed E-state index contributed by atoms with van der Waals surface area (Å²) in [5, 5.41) is 1.15. The smallest absolute Gasteiger partial charge is 0.246 e. The second kappa shape index (κ2) is 7.01. The molecule has 0 radical (unpaired) electrons. The number of amides is 2. The number of carbonyl (C=O) groups excluding carboxylic acids is 2. The van der Waals surface area contributed by atoms with Crippen molar-refractivity contribution in [1.29, 1.82) is 0 Å². The van der Waals surface area contributed by atoms with E-state index in [4.69, 9.17) is 0 Å². The zero-order valence-corrected chi connectivity index (χ0v) is 17.7. The molecule has 1 N–H and O–H groups in total. The molecule has 2 aliphatic rings. The van der Waals surface area contributed by atoms with Gasteiger partial charge in [0.1, 0.15) is 12.6 Å². The number of para-hydroxylation sites is 1. The van der Waals surface area contributed by atoms with Crippen molar-refractivity contribution in [2.24, 2.45) is 0 Å². The lowest BCUT2D eigenvalue weighted by Crippen LogP contribution is -2.64. The number of benzene rings is 2. The molecule has 1 saturated heterocycles. The van der Waals surface area contributed by atoms with Gasteiger partial charge in [-0.2, -0.15) is 0 Å². The van der Waals surface area contributed by atoms with Gasteiger partial charge in [-0.3, -0.25) is 9.59 Å². The second-order valence-corrected chi connectivity index (χ2v) is 8.57. The molecule has 1 aromatic heterocycles. The number of carbonyl (C=O) groups is 2. The van der Waals surface area contributed by atoms with Gasteiger partial charge in [-0.25, -0.2) is 0 Å². The maximum Gasteiger partial charge on any atom is 0.246 e. The van der Waals surface area contributed by atoms with E-state index in [1.807, 2.05) is 36.1 Å². The van der Waals surface area contributed by atoms with E-state index in [0.29, 0.717) is 6.42 Å². The Kier molecular flexibility index (Phi) is 4.42. The highest BCUT2D eigenvalue weighted by Gasteiger charge is 2.49. The summed E-state index contributed by atoms with van der Waals surface area (Å²) in [6.45, 7) is 6.31. The Hall–Kier alpha value is -3.08. The first-order valence-electron chi connectivity index (χ1n) is 10.8. The minimum atomic E-state index is -0.462. The van der Waals surface area contributed by atoms with E-state index in [2.05, 4.69) is 43.1 Å². The maximum atomic E-state index is 13.6. The Morgan fingerprint density at radius 1 is 1.10 bits per heavy atom. The minimum absolute atomic E-state index is 0.0254. The summed E-state index contributed by atoms with van der Waals surface area (Å²) in [4.78, 5) is 34.2. The van der Waals surface area contributed by atoms with Gasteiger partial charge in [0.15, 0.2) is 0 Å². The van der Waals surface area contributed by atoms with Crippen LogP contribution in [0.2, 0.25) is 0 Å². The molecule has 3 heterocycles. The molecule has 1 fully saturated rings. The minimum Gasteiger partial charge on any atom is -0.356 e. The average Bonchev–Trinajstić information content (AvgIpc) is 3.13. The molecule has 5 heteroatoms. The number of piperazine rings is 1. The highest BCUT2D eigenvalue weighted by molar-refractivity contribution is 5.97. The third-order valence-corrected chi connectivity index (χ3v) is 6.90. The normalized spacial score (nSPS) is 22.2. The summed E-state index contributed by atoms with van der Waals surface area (Å²) in [7, 11) is 0. The molecule has 154 valence electrons. The Balaban J connectivity index is 1.72. The Morgan fingerprint density at radius 3 is 2.60 bits per heavy atom. The van der Waals surface area contributed by atoms with E-state index in [1.165, 1.54) is 0 Å². The maximum absolute atomic E-state index is 13.6. The summed E-state index contributed by atoms with van der Waals surface area (Å²) in [6, 6.07) is 15.7. The lowest BCUT2D eigenvalue weighted by atomic mass is 9.84. The van der Waals surface area contributed by atoms with Crippen molar-refractivity contribution in [1.82, 2.24) is 14.8 Å². The monoisotopic (exact) mass is 401 g/mol. The van der Waals surface area contributed by atoms with Crippen LogP contribution in [0.1, 0.15) is 48.7 Å².